The van der Waals surface area contributed by atoms with Crippen LogP contribution < -0.4 is 0 Å². The zero-order chi connectivity index (χ0) is 9.28. The largest absolute Gasteiger partial charge is 0.455 e. The minimum atomic E-state index is -1.42. The molecule has 0 saturated carbocycles. The molecule has 1 radical (unpaired) electrons. The third-order valence-electron chi connectivity index (χ3n) is 2.27. The second-order valence-corrected chi connectivity index (χ2v) is 11.9. The lowest BCUT2D eigenvalue weighted by Crippen LogP contribution is -2.43. The van der Waals surface area contributed by atoms with Crippen LogP contribution in [0.25, 0.3) is 0 Å². The average molecular weight is 189 g/mol. The van der Waals surface area contributed by atoms with Gasteiger partial charge in [-0.2, -0.15) is 0 Å². The Balaban J connectivity index is 4.22. The van der Waals surface area contributed by atoms with Gasteiger partial charge in [-0.3, -0.25) is 0 Å². The predicted octanol–water partition coefficient (Wildman–Crippen LogP) is 3.26. The Morgan fingerprint density at radius 2 is 1.45 bits per heavy atom. The van der Waals surface area contributed by atoms with Crippen LogP contribution in [0.4, 0.5) is 0 Å². The first-order chi connectivity index (χ1) is 4.67. The van der Waals surface area contributed by atoms with E-state index >= 15 is 0 Å². The van der Waals surface area contributed by atoms with E-state index in [1.807, 2.05) is 0 Å². The van der Waals surface area contributed by atoms with Crippen LogP contribution in [0.3, 0.4) is 0 Å². The molecule has 1 nitrogen and oxygen atoms in total. The van der Waals surface area contributed by atoms with Crippen LogP contribution >= 0.6 is 0 Å². The Morgan fingerprint density at radius 1 is 1.09 bits per heavy atom. The third-order valence-corrected chi connectivity index (χ3v) is 9.55. The van der Waals surface area contributed by atoms with Crippen LogP contribution in [-0.2, 0) is 4.12 Å². The van der Waals surface area contributed by atoms with Gasteiger partial charge < -0.3 is 4.12 Å². The van der Waals surface area contributed by atoms with Crippen molar-refractivity contribution in [1.29, 1.82) is 0 Å². The van der Waals surface area contributed by atoms with Crippen LogP contribution in [-0.4, -0.2) is 17.4 Å². The molecule has 11 heavy (non-hydrogen) atoms. The monoisotopic (exact) mass is 189 g/mol. The Bertz CT molecular complexity index is 125. The molecule has 0 bridgehead atoms. The van der Waals surface area contributed by atoms with Crippen molar-refractivity contribution in [2.75, 3.05) is 0 Å². The highest BCUT2D eigenvalue weighted by Crippen LogP contribution is 2.36. The van der Waals surface area contributed by atoms with Crippen molar-refractivity contribution in [2.45, 2.75) is 52.0 Å². The van der Waals surface area contributed by atoms with Gasteiger partial charge >= 0.3 is 0 Å². The summed E-state index contributed by atoms with van der Waals surface area (Å²) < 4.78 is 6.04. The Kier molecular flexibility index (Phi) is 3.53. The normalized spacial score (nSPS) is 14.2. The summed E-state index contributed by atoms with van der Waals surface area (Å²) in [6, 6.07) is 0. The van der Waals surface area contributed by atoms with E-state index in [2.05, 4.69) is 47.0 Å². The van der Waals surface area contributed by atoms with Gasteiger partial charge in [0.2, 0.25) is 0 Å². The summed E-state index contributed by atoms with van der Waals surface area (Å²) in [4.78, 5) is 0. The van der Waals surface area contributed by atoms with Crippen molar-refractivity contribution in [1.82, 2.24) is 0 Å². The van der Waals surface area contributed by atoms with E-state index < -0.39 is 17.4 Å². The SMILES string of the molecule is C[Si](C)O[Si](C)(C)C(C)(C)C. The lowest BCUT2D eigenvalue weighted by molar-refractivity contribution is 0.507. The minimum absolute atomic E-state index is 0.370. The molecule has 0 rings (SSSR count). The summed E-state index contributed by atoms with van der Waals surface area (Å²) in [5, 5.41) is 0.370. The average Bonchev–Trinajstić information content (AvgIpc) is 1.56. The van der Waals surface area contributed by atoms with Gasteiger partial charge in [0.15, 0.2) is 17.4 Å². The van der Waals surface area contributed by atoms with E-state index in [-0.39, 0.29) is 0 Å². The van der Waals surface area contributed by atoms with Crippen molar-refractivity contribution >= 4 is 17.4 Å². The molecular weight excluding hydrogens is 168 g/mol. The van der Waals surface area contributed by atoms with Crippen LogP contribution in [0.15, 0.2) is 0 Å². The van der Waals surface area contributed by atoms with Crippen molar-refractivity contribution < 1.29 is 4.12 Å². The maximum atomic E-state index is 6.04. The van der Waals surface area contributed by atoms with Gasteiger partial charge in [0.05, 0.1) is 0 Å². The fourth-order valence-corrected chi connectivity index (χ4v) is 5.97. The zero-order valence-electron chi connectivity index (χ0n) is 8.91. The van der Waals surface area contributed by atoms with Crippen LogP contribution in [0.5, 0.6) is 0 Å². The molecule has 0 aromatic rings. The summed E-state index contributed by atoms with van der Waals surface area (Å²) in [5.41, 5.74) is 0. The van der Waals surface area contributed by atoms with E-state index in [0.29, 0.717) is 5.04 Å². The molecule has 0 aliphatic carbocycles. The fourth-order valence-electron chi connectivity index (χ4n) is 0.663. The first kappa shape index (κ1) is 11.4. The van der Waals surface area contributed by atoms with Crippen LogP contribution in [0.1, 0.15) is 20.8 Å². The predicted molar refractivity (Wildman–Crippen MR) is 55.8 cm³/mol. The number of hydrogen-bond donors (Lipinski definition) is 0. The zero-order valence-corrected chi connectivity index (χ0v) is 10.9. The summed E-state index contributed by atoms with van der Waals surface area (Å²) in [6.45, 7) is 15.9. The molecule has 0 aromatic heterocycles. The van der Waals surface area contributed by atoms with E-state index in [1.165, 1.54) is 0 Å². The Labute approximate surface area is 74.0 Å². The first-order valence-electron chi connectivity index (χ1n) is 4.16. The van der Waals surface area contributed by atoms with Gasteiger partial charge in [-0.15, -0.1) is 0 Å². The lowest BCUT2D eigenvalue weighted by Gasteiger charge is -2.37. The van der Waals surface area contributed by atoms with Gasteiger partial charge in [0, 0.05) is 0 Å². The second-order valence-electron chi connectivity index (χ2n) is 4.77. The van der Waals surface area contributed by atoms with E-state index in [0.717, 1.165) is 0 Å². The van der Waals surface area contributed by atoms with E-state index in [1.54, 1.807) is 0 Å². The Hall–Kier alpha value is 0.394. The molecule has 0 aliphatic heterocycles. The van der Waals surface area contributed by atoms with Crippen molar-refractivity contribution in [3.63, 3.8) is 0 Å². The molecule has 0 aromatic carbocycles. The smallest absolute Gasteiger partial charge is 0.191 e. The highest BCUT2D eigenvalue weighted by Gasteiger charge is 2.37. The summed E-state index contributed by atoms with van der Waals surface area (Å²) in [7, 11) is -1.94. The second kappa shape index (κ2) is 3.41. The summed E-state index contributed by atoms with van der Waals surface area (Å²) >= 11 is 0. The third kappa shape index (κ3) is 3.53. The topological polar surface area (TPSA) is 9.23 Å². The van der Waals surface area contributed by atoms with Crippen LogP contribution in [0.2, 0.25) is 31.2 Å². The van der Waals surface area contributed by atoms with Crippen LogP contribution in [0, 0.1) is 0 Å². The molecule has 3 heteroatoms. The molecule has 0 N–H and O–H groups in total. The summed E-state index contributed by atoms with van der Waals surface area (Å²) in [6.07, 6.45) is 0. The molecule has 0 saturated heterocycles. The Morgan fingerprint density at radius 3 is 1.55 bits per heavy atom. The fraction of sp³-hybridized carbons (Fsp3) is 1.00. The van der Waals surface area contributed by atoms with Crippen molar-refractivity contribution in [2.24, 2.45) is 0 Å². The van der Waals surface area contributed by atoms with Gasteiger partial charge in [0.1, 0.15) is 0 Å². The number of hydrogen-bond acceptors (Lipinski definition) is 1. The molecule has 0 heterocycles. The minimum Gasteiger partial charge on any atom is -0.455 e. The van der Waals surface area contributed by atoms with Gasteiger partial charge in [-0.25, -0.2) is 0 Å². The lowest BCUT2D eigenvalue weighted by atomic mass is 10.2. The van der Waals surface area contributed by atoms with E-state index in [4.69, 9.17) is 4.12 Å². The standard InChI is InChI=1S/C8H21OSi2/c1-8(2,3)11(6,7)9-10(4)5/h1-7H3. The molecule has 0 atom stereocenters. The molecule has 0 unspecified atom stereocenters. The molecule has 0 spiro atoms. The van der Waals surface area contributed by atoms with Gasteiger partial charge in [-0.1, -0.05) is 20.8 Å². The maximum absolute atomic E-state index is 6.04. The molecule has 0 amide bonds. The molecular formula is C8H21OSi2. The molecule has 0 fully saturated rings. The van der Waals surface area contributed by atoms with E-state index in [9.17, 15) is 0 Å². The quantitative estimate of drug-likeness (QED) is 0.606. The van der Waals surface area contributed by atoms with Crippen molar-refractivity contribution in [3.05, 3.63) is 0 Å². The highest BCUT2D eigenvalue weighted by atomic mass is 28.4. The highest BCUT2D eigenvalue weighted by molar-refractivity contribution is 6.80. The van der Waals surface area contributed by atoms with Gasteiger partial charge in [-0.05, 0) is 31.2 Å². The maximum Gasteiger partial charge on any atom is 0.191 e. The van der Waals surface area contributed by atoms with Gasteiger partial charge in [0.25, 0.3) is 0 Å². The van der Waals surface area contributed by atoms with Crippen molar-refractivity contribution in [3.8, 4) is 0 Å². The number of rotatable bonds is 2. The first-order valence-corrected chi connectivity index (χ1v) is 9.47. The molecule has 67 valence electrons. The molecule has 0 aliphatic rings. The summed E-state index contributed by atoms with van der Waals surface area (Å²) in [5.74, 6) is 0.